The summed E-state index contributed by atoms with van der Waals surface area (Å²) in [6, 6.07) is 1.14. The lowest BCUT2D eigenvalue weighted by molar-refractivity contribution is -0.158. The molecule has 1 unspecified atom stereocenters. The van der Waals surface area contributed by atoms with E-state index in [0.29, 0.717) is 0 Å². The van der Waals surface area contributed by atoms with Crippen molar-refractivity contribution < 1.29 is 29.0 Å². The van der Waals surface area contributed by atoms with E-state index in [-0.39, 0.29) is 33.2 Å². The maximum atomic E-state index is 12.5. The van der Waals surface area contributed by atoms with Gasteiger partial charge in [0.05, 0.1) is 21.7 Å². The molecule has 0 aliphatic carbocycles. The van der Waals surface area contributed by atoms with Gasteiger partial charge in [-0.15, -0.1) is 0 Å². The van der Waals surface area contributed by atoms with Gasteiger partial charge in [-0.25, -0.2) is 14.4 Å². The first kappa shape index (κ1) is 23.5. The summed E-state index contributed by atoms with van der Waals surface area (Å²) >= 11 is 17.9. The number of hydrogen-bond acceptors (Lipinski definition) is 5. The second-order valence-electron chi connectivity index (χ2n) is 6.11. The predicted octanol–water partition coefficient (Wildman–Crippen LogP) is 5.40. The number of rotatable bonds is 9. The van der Waals surface area contributed by atoms with E-state index in [4.69, 9.17) is 44.6 Å². The zero-order valence-corrected chi connectivity index (χ0v) is 17.3. The Hall–Kier alpha value is -1.50. The Kier molecular flexibility index (Phi) is 9.91. The molecule has 0 aromatic heterocycles. The third kappa shape index (κ3) is 7.20. The van der Waals surface area contributed by atoms with E-state index in [1.807, 2.05) is 6.92 Å². The summed E-state index contributed by atoms with van der Waals surface area (Å²) in [6.07, 6.45) is 5.31. The Morgan fingerprint density at radius 3 is 2.37 bits per heavy atom. The molecule has 150 valence electrons. The van der Waals surface area contributed by atoms with Crippen molar-refractivity contribution in [2.75, 3.05) is 6.61 Å². The van der Waals surface area contributed by atoms with Gasteiger partial charge in [-0.1, -0.05) is 74.3 Å². The van der Waals surface area contributed by atoms with Gasteiger partial charge in [0.1, 0.15) is 5.56 Å². The highest BCUT2D eigenvalue weighted by Crippen LogP contribution is 2.39. The SMILES string of the molecule is CCCCCCC(C)COC(=O)c1c(Cl)c(Cl)cc(Cl)c1OC(=O)C(=O)O. The average molecular weight is 440 g/mol. The Bertz CT molecular complexity index is 705. The third-order valence-corrected chi connectivity index (χ3v) is 4.82. The van der Waals surface area contributed by atoms with Crippen molar-refractivity contribution in [3.63, 3.8) is 0 Å². The van der Waals surface area contributed by atoms with Crippen molar-refractivity contribution in [1.29, 1.82) is 0 Å². The summed E-state index contributed by atoms with van der Waals surface area (Å²) in [4.78, 5) is 34.5. The lowest BCUT2D eigenvalue weighted by Crippen LogP contribution is -2.22. The van der Waals surface area contributed by atoms with E-state index in [9.17, 15) is 14.4 Å². The molecule has 27 heavy (non-hydrogen) atoms. The van der Waals surface area contributed by atoms with Gasteiger partial charge >= 0.3 is 17.9 Å². The Balaban J connectivity index is 2.91. The minimum atomic E-state index is -1.85. The quantitative estimate of drug-likeness (QED) is 0.182. The fourth-order valence-electron chi connectivity index (χ4n) is 2.29. The van der Waals surface area contributed by atoms with E-state index in [1.165, 1.54) is 0 Å². The van der Waals surface area contributed by atoms with Gasteiger partial charge < -0.3 is 14.6 Å². The number of ether oxygens (including phenoxy) is 2. The number of aliphatic carboxylic acids is 1. The molecule has 0 heterocycles. The van der Waals surface area contributed by atoms with Crippen LogP contribution in [0.5, 0.6) is 5.75 Å². The molecular weight excluding hydrogens is 419 g/mol. The Labute approximate surface area is 172 Å². The van der Waals surface area contributed by atoms with Crippen LogP contribution < -0.4 is 4.74 Å². The highest BCUT2D eigenvalue weighted by atomic mass is 35.5. The molecule has 1 atom stereocenters. The number of carbonyl (C=O) groups excluding carboxylic acids is 2. The molecule has 0 saturated heterocycles. The second-order valence-corrected chi connectivity index (χ2v) is 7.30. The van der Waals surface area contributed by atoms with Crippen LogP contribution in [0.25, 0.3) is 0 Å². The van der Waals surface area contributed by atoms with Crippen LogP contribution in [-0.2, 0) is 14.3 Å². The lowest BCUT2D eigenvalue weighted by atomic mass is 10.0. The van der Waals surface area contributed by atoms with E-state index in [0.717, 1.165) is 38.2 Å². The van der Waals surface area contributed by atoms with Gasteiger partial charge in [0, 0.05) is 0 Å². The minimum absolute atomic E-state index is 0.0589. The zero-order chi connectivity index (χ0) is 20.6. The number of carbonyl (C=O) groups is 3. The molecule has 0 radical (unpaired) electrons. The third-order valence-electron chi connectivity index (χ3n) is 3.75. The molecule has 9 heteroatoms. The summed E-state index contributed by atoms with van der Waals surface area (Å²) in [5, 5.41) is 8.15. The fourth-order valence-corrected chi connectivity index (χ4v) is 3.01. The van der Waals surface area contributed by atoms with Gasteiger partial charge in [-0.2, -0.15) is 0 Å². The normalized spacial score (nSPS) is 11.7. The smallest absolute Gasteiger partial charge is 0.422 e. The van der Waals surface area contributed by atoms with Crippen molar-refractivity contribution in [3.8, 4) is 5.75 Å². The summed E-state index contributed by atoms with van der Waals surface area (Å²) in [5.41, 5.74) is -0.387. The number of unbranched alkanes of at least 4 members (excludes halogenated alkanes) is 3. The first-order valence-corrected chi connectivity index (χ1v) is 9.62. The molecule has 1 N–H and O–H groups in total. The van der Waals surface area contributed by atoms with Gasteiger partial charge in [-0.3, -0.25) is 0 Å². The van der Waals surface area contributed by atoms with Crippen LogP contribution in [0.4, 0.5) is 0 Å². The Morgan fingerprint density at radius 1 is 1.11 bits per heavy atom. The number of benzene rings is 1. The van der Waals surface area contributed by atoms with Crippen molar-refractivity contribution in [2.45, 2.75) is 46.0 Å². The molecule has 0 saturated carbocycles. The van der Waals surface area contributed by atoms with E-state index >= 15 is 0 Å². The topological polar surface area (TPSA) is 89.9 Å². The van der Waals surface area contributed by atoms with E-state index in [1.54, 1.807) is 0 Å². The van der Waals surface area contributed by atoms with Crippen molar-refractivity contribution in [3.05, 3.63) is 26.7 Å². The van der Waals surface area contributed by atoms with Gasteiger partial charge in [-0.05, 0) is 18.4 Å². The molecule has 1 aromatic carbocycles. The van der Waals surface area contributed by atoms with Crippen LogP contribution >= 0.6 is 34.8 Å². The summed E-state index contributed by atoms with van der Waals surface area (Å²) in [7, 11) is 0. The summed E-state index contributed by atoms with van der Waals surface area (Å²) in [6.45, 7) is 4.19. The maximum absolute atomic E-state index is 12.5. The van der Waals surface area contributed by atoms with Crippen molar-refractivity contribution in [2.24, 2.45) is 5.92 Å². The van der Waals surface area contributed by atoms with Crippen LogP contribution in [-0.4, -0.2) is 29.6 Å². The van der Waals surface area contributed by atoms with Crippen LogP contribution in [0.15, 0.2) is 6.07 Å². The maximum Gasteiger partial charge on any atom is 0.422 e. The van der Waals surface area contributed by atoms with Crippen molar-refractivity contribution >= 4 is 52.7 Å². The number of carboxylic acid groups (broad SMARTS) is 1. The van der Waals surface area contributed by atoms with Gasteiger partial charge in [0.25, 0.3) is 0 Å². The summed E-state index contributed by atoms with van der Waals surface area (Å²) in [5.74, 6) is -4.76. The minimum Gasteiger partial charge on any atom is -0.473 e. The summed E-state index contributed by atoms with van der Waals surface area (Å²) < 4.78 is 9.92. The molecule has 1 aromatic rings. The first-order valence-electron chi connectivity index (χ1n) is 8.48. The van der Waals surface area contributed by atoms with Crippen LogP contribution in [0.3, 0.4) is 0 Å². The van der Waals surface area contributed by atoms with Gasteiger partial charge in [0.15, 0.2) is 5.75 Å². The second kappa shape index (κ2) is 11.4. The number of halogens is 3. The highest BCUT2D eigenvalue weighted by Gasteiger charge is 2.28. The zero-order valence-electron chi connectivity index (χ0n) is 15.0. The molecule has 0 aliphatic heterocycles. The van der Waals surface area contributed by atoms with Crippen LogP contribution in [0, 0.1) is 5.92 Å². The highest BCUT2D eigenvalue weighted by molar-refractivity contribution is 6.46. The average Bonchev–Trinajstić information content (AvgIpc) is 2.61. The molecule has 0 aliphatic rings. The van der Waals surface area contributed by atoms with Crippen LogP contribution in [0.1, 0.15) is 56.3 Å². The van der Waals surface area contributed by atoms with E-state index < -0.39 is 23.7 Å². The molecule has 0 spiro atoms. The predicted molar refractivity (Wildman–Crippen MR) is 103 cm³/mol. The molecule has 1 rings (SSSR count). The van der Waals surface area contributed by atoms with Crippen molar-refractivity contribution in [1.82, 2.24) is 0 Å². The largest absolute Gasteiger partial charge is 0.473 e. The monoisotopic (exact) mass is 438 g/mol. The number of carboxylic acids is 1. The van der Waals surface area contributed by atoms with Gasteiger partial charge in [0.2, 0.25) is 0 Å². The molecule has 6 nitrogen and oxygen atoms in total. The van der Waals surface area contributed by atoms with E-state index in [2.05, 4.69) is 11.7 Å². The first-order chi connectivity index (χ1) is 12.7. The van der Waals surface area contributed by atoms with Crippen LogP contribution in [0.2, 0.25) is 15.1 Å². The Morgan fingerprint density at radius 2 is 1.78 bits per heavy atom. The fraction of sp³-hybridized carbons (Fsp3) is 0.500. The molecule has 0 fully saturated rings. The molecule has 0 amide bonds. The number of esters is 2. The lowest BCUT2D eigenvalue weighted by Gasteiger charge is -2.15. The molecular formula is C18H21Cl3O6. The standard InChI is InChI=1S/C18H21Cl3O6/c1-3-4-5-6-7-10(2)9-26-17(24)13-14(21)11(19)8-12(20)15(13)27-18(25)16(22)23/h8,10H,3-7,9H2,1-2H3,(H,22,23). The molecule has 0 bridgehead atoms. The number of hydrogen-bond donors (Lipinski definition) is 1.